The zero-order valence-electron chi connectivity index (χ0n) is 7.69. The first kappa shape index (κ1) is 17.0. The van der Waals surface area contributed by atoms with E-state index in [-0.39, 0.29) is 0 Å². The Labute approximate surface area is 122 Å². The van der Waals surface area contributed by atoms with Gasteiger partial charge in [-0.2, -0.15) is 0 Å². The number of alkyl halides is 6. The molecule has 16 heavy (non-hydrogen) atoms. The molecule has 0 saturated carbocycles. The van der Waals surface area contributed by atoms with Gasteiger partial charge in [-0.05, 0) is 6.92 Å². The van der Waals surface area contributed by atoms with Gasteiger partial charge in [-0.3, -0.25) is 9.59 Å². The number of halogens is 6. The Hall–Kier alpha value is 1.04. The second-order valence-corrected chi connectivity index (χ2v) is 7.58. The van der Waals surface area contributed by atoms with Crippen molar-refractivity contribution < 1.29 is 14.7 Å². The van der Waals surface area contributed by atoms with Gasteiger partial charge in [0.1, 0.15) is 0 Å². The van der Waals surface area contributed by atoms with Crippen LogP contribution in [-0.4, -0.2) is 30.4 Å². The summed E-state index contributed by atoms with van der Waals surface area (Å²) in [6.45, 7) is 1.15. The molecule has 0 aromatic heterocycles. The van der Waals surface area contributed by atoms with E-state index in [1.807, 2.05) is 0 Å². The van der Waals surface area contributed by atoms with Crippen molar-refractivity contribution in [2.45, 2.75) is 20.6 Å². The van der Waals surface area contributed by atoms with Gasteiger partial charge in [0.05, 0.1) is 5.92 Å². The first-order chi connectivity index (χ1) is 6.89. The Kier molecular flexibility index (Phi) is 6.16. The molecule has 3 nitrogen and oxygen atoms in total. The number of carbonyl (C=O) groups is 2. The molecule has 2 unspecified atom stereocenters. The highest BCUT2D eigenvalue weighted by Gasteiger charge is 2.44. The van der Waals surface area contributed by atoms with Gasteiger partial charge in [0, 0.05) is 0 Å². The number of hydrogen-bond donors (Lipinski definition) is 1. The zero-order chi connectivity index (χ0) is 13.3. The summed E-state index contributed by atoms with van der Waals surface area (Å²) in [5, 5.41) is 9.31. The van der Waals surface area contributed by atoms with Crippen LogP contribution in [0.5, 0.6) is 0 Å². The van der Waals surface area contributed by atoms with Gasteiger partial charge in [-0.1, -0.05) is 69.6 Å². The first-order valence-corrected chi connectivity index (χ1v) is 6.05. The van der Waals surface area contributed by atoms with Crippen LogP contribution < -0.4 is 0 Å². The van der Waals surface area contributed by atoms with Gasteiger partial charge in [-0.15, -0.1) is 0 Å². The molecule has 0 fully saturated rings. The van der Waals surface area contributed by atoms with Gasteiger partial charge >= 0.3 is 0 Å². The standard InChI is InChI=1S/C7H6Cl6O3/c1-2(4(15)6(8,9)10)3(14)5(16)7(11,12)13/h2,5,16H,1H3. The fourth-order valence-electron chi connectivity index (χ4n) is 0.773. The van der Waals surface area contributed by atoms with Crippen LogP contribution in [0.3, 0.4) is 0 Å². The number of rotatable bonds is 3. The molecule has 0 aromatic carbocycles. The lowest BCUT2D eigenvalue weighted by molar-refractivity contribution is -0.136. The molecule has 0 radical (unpaired) electrons. The highest BCUT2D eigenvalue weighted by atomic mass is 35.6. The van der Waals surface area contributed by atoms with Gasteiger partial charge in [0.15, 0.2) is 17.7 Å². The molecule has 2 atom stereocenters. The Bertz CT molecular complexity index is 291. The molecule has 94 valence electrons. The minimum Gasteiger partial charge on any atom is -0.381 e. The maximum Gasteiger partial charge on any atom is 0.249 e. The van der Waals surface area contributed by atoms with Gasteiger partial charge in [0.25, 0.3) is 0 Å². The summed E-state index contributed by atoms with van der Waals surface area (Å²) in [6.07, 6.45) is -1.97. The van der Waals surface area contributed by atoms with Crippen LogP contribution in [0.15, 0.2) is 0 Å². The number of aliphatic hydroxyl groups is 1. The minimum atomic E-state index is -2.26. The lowest BCUT2D eigenvalue weighted by Crippen LogP contribution is -2.42. The first-order valence-electron chi connectivity index (χ1n) is 3.78. The Morgan fingerprint density at radius 2 is 1.44 bits per heavy atom. The van der Waals surface area contributed by atoms with E-state index in [1.54, 1.807) is 0 Å². The lowest BCUT2D eigenvalue weighted by atomic mass is 9.98. The predicted octanol–water partition coefficient (Wildman–Crippen LogP) is 2.86. The van der Waals surface area contributed by atoms with E-state index in [0.717, 1.165) is 6.92 Å². The highest BCUT2D eigenvalue weighted by molar-refractivity contribution is 6.77. The zero-order valence-corrected chi connectivity index (χ0v) is 12.2. The van der Waals surface area contributed by atoms with Crippen LogP contribution in [-0.2, 0) is 9.59 Å². The Morgan fingerprint density at radius 1 is 1.06 bits per heavy atom. The van der Waals surface area contributed by atoms with Crippen molar-refractivity contribution in [1.82, 2.24) is 0 Å². The van der Waals surface area contributed by atoms with Gasteiger partial charge < -0.3 is 5.11 Å². The summed E-state index contributed by atoms with van der Waals surface area (Å²) < 4.78 is -4.50. The quantitative estimate of drug-likeness (QED) is 0.629. The molecule has 0 saturated heterocycles. The summed E-state index contributed by atoms with van der Waals surface area (Å²) >= 11 is 31.7. The molecule has 0 aliphatic rings. The topological polar surface area (TPSA) is 54.4 Å². The van der Waals surface area contributed by atoms with Crippen LogP contribution in [0.2, 0.25) is 0 Å². The number of aliphatic hydroxyl groups excluding tert-OH is 1. The molecule has 0 spiro atoms. The summed E-state index contributed by atoms with van der Waals surface area (Å²) in [5.41, 5.74) is 0. The van der Waals surface area contributed by atoms with Crippen LogP contribution in [0.1, 0.15) is 6.92 Å². The maximum atomic E-state index is 11.5. The van der Waals surface area contributed by atoms with E-state index < -0.39 is 31.2 Å². The summed E-state index contributed by atoms with van der Waals surface area (Å²) in [7, 11) is 0. The summed E-state index contributed by atoms with van der Waals surface area (Å²) in [6, 6.07) is 0. The third-order valence-electron chi connectivity index (χ3n) is 1.68. The largest absolute Gasteiger partial charge is 0.381 e. The van der Waals surface area contributed by atoms with Gasteiger partial charge in [-0.25, -0.2) is 0 Å². The summed E-state index contributed by atoms with van der Waals surface area (Å²) in [5.74, 6) is -3.43. The van der Waals surface area contributed by atoms with E-state index >= 15 is 0 Å². The number of carbonyl (C=O) groups excluding carboxylic acids is 2. The van der Waals surface area contributed by atoms with E-state index in [0.29, 0.717) is 0 Å². The molecule has 0 aliphatic carbocycles. The molecule has 0 aromatic rings. The van der Waals surface area contributed by atoms with Crippen LogP contribution >= 0.6 is 69.6 Å². The van der Waals surface area contributed by atoms with E-state index in [1.165, 1.54) is 0 Å². The maximum absolute atomic E-state index is 11.5. The fraction of sp³-hybridized carbons (Fsp3) is 0.714. The number of ketones is 2. The molecular weight excluding hydrogens is 345 g/mol. The molecular formula is C7H6Cl6O3. The Morgan fingerprint density at radius 3 is 1.69 bits per heavy atom. The average molecular weight is 351 g/mol. The summed E-state index contributed by atoms with van der Waals surface area (Å²) in [4.78, 5) is 22.9. The average Bonchev–Trinajstić information content (AvgIpc) is 2.10. The molecule has 1 N–H and O–H groups in total. The van der Waals surface area contributed by atoms with Crippen molar-refractivity contribution in [3.8, 4) is 0 Å². The predicted molar refractivity (Wildman–Crippen MR) is 65.8 cm³/mol. The molecule has 0 amide bonds. The SMILES string of the molecule is CC(C(=O)C(O)C(Cl)(Cl)Cl)C(=O)C(Cl)(Cl)Cl. The third-order valence-corrected chi connectivity index (χ3v) is 2.86. The van der Waals surface area contributed by atoms with Gasteiger partial charge in [0.2, 0.25) is 7.59 Å². The van der Waals surface area contributed by atoms with Crippen molar-refractivity contribution in [3.05, 3.63) is 0 Å². The van der Waals surface area contributed by atoms with E-state index in [2.05, 4.69) is 0 Å². The molecule has 9 heteroatoms. The number of Topliss-reactive ketones (excluding diaryl/α,β-unsaturated/α-hetero) is 2. The van der Waals surface area contributed by atoms with E-state index in [4.69, 9.17) is 69.6 Å². The van der Waals surface area contributed by atoms with Crippen molar-refractivity contribution >= 4 is 81.2 Å². The van der Waals surface area contributed by atoms with Crippen molar-refractivity contribution in [2.75, 3.05) is 0 Å². The van der Waals surface area contributed by atoms with Crippen LogP contribution in [0, 0.1) is 5.92 Å². The molecule has 0 aliphatic heterocycles. The van der Waals surface area contributed by atoms with Crippen molar-refractivity contribution in [1.29, 1.82) is 0 Å². The van der Waals surface area contributed by atoms with E-state index in [9.17, 15) is 14.7 Å². The molecule has 0 heterocycles. The van der Waals surface area contributed by atoms with Crippen molar-refractivity contribution in [3.63, 3.8) is 0 Å². The highest BCUT2D eigenvalue weighted by Crippen LogP contribution is 2.35. The second kappa shape index (κ2) is 5.79. The second-order valence-electron chi connectivity index (χ2n) is 2.93. The monoisotopic (exact) mass is 348 g/mol. The normalized spacial score (nSPS) is 16.8. The Balaban J connectivity index is 4.84. The third kappa shape index (κ3) is 4.73. The van der Waals surface area contributed by atoms with Crippen LogP contribution in [0.4, 0.5) is 0 Å². The van der Waals surface area contributed by atoms with Crippen molar-refractivity contribution in [2.24, 2.45) is 5.92 Å². The smallest absolute Gasteiger partial charge is 0.249 e. The number of hydrogen-bond acceptors (Lipinski definition) is 3. The van der Waals surface area contributed by atoms with Crippen LogP contribution in [0.25, 0.3) is 0 Å². The molecule has 0 bridgehead atoms. The molecule has 0 rings (SSSR count). The minimum absolute atomic E-state index is 1.00. The lowest BCUT2D eigenvalue weighted by Gasteiger charge is -2.22. The fourth-order valence-corrected chi connectivity index (χ4v) is 1.59.